The number of hydrogen-bond acceptors (Lipinski definition) is 3. The minimum absolute atomic E-state index is 0.0478. The quantitative estimate of drug-likeness (QED) is 0.828. The van der Waals surface area contributed by atoms with Crippen LogP contribution in [0.15, 0.2) is 53.1 Å². The van der Waals surface area contributed by atoms with Gasteiger partial charge in [0.15, 0.2) is 0 Å². The number of carbonyl (C=O) groups excluding carboxylic acids is 2. The highest BCUT2D eigenvalue weighted by Crippen LogP contribution is 2.33. The van der Waals surface area contributed by atoms with Crippen LogP contribution in [0.1, 0.15) is 31.4 Å². The van der Waals surface area contributed by atoms with E-state index >= 15 is 0 Å². The van der Waals surface area contributed by atoms with E-state index in [2.05, 4.69) is 0 Å². The number of likely N-dealkylation sites (tertiary alicyclic amines) is 1. The molecule has 4 rings (SSSR count). The van der Waals surface area contributed by atoms with Gasteiger partial charge in [-0.1, -0.05) is 18.2 Å². The Morgan fingerprint density at radius 2 is 1.69 bits per heavy atom. The SMILES string of the molecule is O=C(C1CC1)N1CCC(C(=O)N(Cc2ccco2)c2ccccc2)CC1. The normalized spacial score (nSPS) is 17.9. The summed E-state index contributed by atoms with van der Waals surface area (Å²) in [6.07, 6.45) is 5.16. The molecule has 0 unspecified atom stereocenters. The summed E-state index contributed by atoms with van der Waals surface area (Å²) in [4.78, 5) is 29.2. The monoisotopic (exact) mass is 352 g/mol. The Kier molecular flexibility index (Phi) is 4.78. The van der Waals surface area contributed by atoms with Crippen molar-refractivity contribution in [1.29, 1.82) is 0 Å². The van der Waals surface area contributed by atoms with Gasteiger partial charge < -0.3 is 14.2 Å². The summed E-state index contributed by atoms with van der Waals surface area (Å²) >= 11 is 0. The summed E-state index contributed by atoms with van der Waals surface area (Å²) in [5, 5.41) is 0. The molecule has 2 aromatic rings. The lowest BCUT2D eigenvalue weighted by atomic mass is 9.94. The smallest absolute Gasteiger partial charge is 0.230 e. The Bertz CT molecular complexity index is 745. The third-order valence-corrected chi connectivity index (χ3v) is 5.31. The molecule has 0 spiro atoms. The van der Waals surface area contributed by atoms with Crippen molar-refractivity contribution >= 4 is 17.5 Å². The van der Waals surface area contributed by atoms with Crippen molar-refractivity contribution in [2.75, 3.05) is 18.0 Å². The largest absolute Gasteiger partial charge is 0.467 e. The molecule has 1 saturated carbocycles. The molecule has 2 fully saturated rings. The van der Waals surface area contributed by atoms with E-state index in [-0.39, 0.29) is 23.7 Å². The molecule has 1 aromatic heterocycles. The van der Waals surface area contributed by atoms with Crippen molar-refractivity contribution in [3.05, 3.63) is 54.5 Å². The number of carbonyl (C=O) groups is 2. The molecule has 0 bridgehead atoms. The first-order chi connectivity index (χ1) is 12.7. The first kappa shape index (κ1) is 16.9. The maximum atomic E-state index is 13.2. The first-order valence-corrected chi connectivity index (χ1v) is 9.40. The van der Waals surface area contributed by atoms with E-state index in [4.69, 9.17) is 4.42 Å². The molecule has 2 aliphatic rings. The van der Waals surface area contributed by atoms with Gasteiger partial charge in [0.2, 0.25) is 11.8 Å². The van der Waals surface area contributed by atoms with Crippen LogP contribution in [0.2, 0.25) is 0 Å². The fourth-order valence-corrected chi connectivity index (χ4v) is 3.62. The molecule has 1 saturated heterocycles. The fraction of sp³-hybridized carbons (Fsp3) is 0.429. The van der Waals surface area contributed by atoms with Gasteiger partial charge in [-0.25, -0.2) is 0 Å². The Hall–Kier alpha value is -2.56. The van der Waals surface area contributed by atoms with Gasteiger partial charge >= 0.3 is 0 Å². The molecule has 0 radical (unpaired) electrons. The van der Waals surface area contributed by atoms with Crippen LogP contribution in [0, 0.1) is 11.8 Å². The predicted octanol–water partition coefficient (Wildman–Crippen LogP) is 3.46. The topological polar surface area (TPSA) is 53.8 Å². The Morgan fingerprint density at radius 3 is 2.31 bits per heavy atom. The maximum absolute atomic E-state index is 13.2. The molecule has 5 nitrogen and oxygen atoms in total. The highest BCUT2D eigenvalue weighted by atomic mass is 16.3. The average Bonchev–Trinajstić information content (AvgIpc) is 3.42. The molecule has 0 atom stereocenters. The molecular weight excluding hydrogens is 328 g/mol. The van der Waals surface area contributed by atoms with Gasteiger partial charge in [-0.2, -0.15) is 0 Å². The van der Waals surface area contributed by atoms with Gasteiger partial charge in [-0.05, 0) is 49.9 Å². The number of nitrogens with zero attached hydrogens (tertiary/aromatic N) is 2. The molecule has 5 heteroatoms. The summed E-state index contributed by atoms with van der Waals surface area (Å²) in [6.45, 7) is 1.81. The first-order valence-electron chi connectivity index (χ1n) is 9.40. The van der Waals surface area contributed by atoms with E-state index in [1.54, 1.807) is 6.26 Å². The van der Waals surface area contributed by atoms with Crippen molar-refractivity contribution < 1.29 is 14.0 Å². The van der Waals surface area contributed by atoms with Crippen LogP contribution < -0.4 is 4.90 Å². The Labute approximate surface area is 153 Å². The number of rotatable bonds is 5. The van der Waals surface area contributed by atoms with Gasteiger partial charge in [-0.3, -0.25) is 9.59 Å². The summed E-state index contributed by atoms with van der Waals surface area (Å²) < 4.78 is 5.46. The van der Waals surface area contributed by atoms with Crippen LogP contribution in [0.4, 0.5) is 5.69 Å². The zero-order valence-corrected chi connectivity index (χ0v) is 14.8. The van der Waals surface area contributed by atoms with Crippen molar-refractivity contribution in [2.24, 2.45) is 11.8 Å². The minimum Gasteiger partial charge on any atom is -0.467 e. The number of benzene rings is 1. The summed E-state index contributed by atoms with van der Waals surface area (Å²) in [5.74, 6) is 1.37. The van der Waals surface area contributed by atoms with Crippen LogP contribution in [0.25, 0.3) is 0 Å². The third kappa shape index (κ3) is 3.66. The second kappa shape index (κ2) is 7.36. The third-order valence-electron chi connectivity index (χ3n) is 5.31. The van der Waals surface area contributed by atoms with Crippen LogP contribution in [0.3, 0.4) is 0 Å². The van der Waals surface area contributed by atoms with Crippen LogP contribution >= 0.6 is 0 Å². The van der Waals surface area contributed by atoms with Gasteiger partial charge in [-0.15, -0.1) is 0 Å². The van der Waals surface area contributed by atoms with Gasteiger partial charge in [0.25, 0.3) is 0 Å². The molecule has 2 amide bonds. The zero-order chi connectivity index (χ0) is 17.9. The van der Waals surface area contributed by atoms with Crippen molar-refractivity contribution in [3.8, 4) is 0 Å². The number of para-hydroxylation sites is 1. The number of hydrogen-bond donors (Lipinski definition) is 0. The van der Waals surface area contributed by atoms with Crippen molar-refractivity contribution in [3.63, 3.8) is 0 Å². The molecule has 1 aromatic carbocycles. The van der Waals surface area contributed by atoms with Crippen LogP contribution in [-0.4, -0.2) is 29.8 Å². The summed E-state index contributed by atoms with van der Waals surface area (Å²) in [7, 11) is 0. The van der Waals surface area contributed by atoms with Gasteiger partial charge in [0.1, 0.15) is 5.76 Å². The second-order valence-corrected chi connectivity index (χ2v) is 7.21. The lowest BCUT2D eigenvalue weighted by Crippen LogP contribution is -2.44. The standard InChI is InChI=1S/C21H24N2O3/c24-20(16-8-9-16)22-12-10-17(11-13-22)21(25)23(15-19-7-4-14-26-19)18-5-2-1-3-6-18/h1-7,14,16-17H,8-13,15H2. The fourth-order valence-electron chi connectivity index (χ4n) is 3.62. The summed E-state index contributed by atoms with van der Waals surface area (Å²) in [6, 6.07) is 13.5. The Balaban J connectivity index is 1.45. The average molecular weight is 352 g/mol. The Morgan fingerprint density at radius 1 is 0.962 bits per heavy atom. The van der Waals surface area contributed by atoms with Crippen LogP contribution in [-0.2, 0) is 16.1 Å². The zero-order valence-electron chi connectivity index (χ0n) is 14.8. The number of amides is 2. The number of furan rings is 1. The molecule has 2 heterocycles. The molecule has 1 aliphatic carbocycles. The van der Waals surface area contributed by atoms with Gasteiger partial charge in [0, 0.05) is 30.6 Å². The molecule has 0 N–H and O–H groups in total. The lowest BCUT2D eigenvalue weighted by Gasteiger charge is -2.34. The predicted molar refractivity (Wildman–Crippen MR) is 98.4 cm³/mol. The van der Waals surface area contributed by atoms with Crippen molar-refractivity contribution in [2.45, 2.75) is 32.2 Å². The molecule has 26 heavy (non-hydrogen) atoms. The highest BCUT2D eigenvalue weighted by molar-refractivity contribution is 5.95. The highest BCUT2D eigenvalue weighted by Gasteiger charge is 2.37. The molecule has 1 aliphatic heterocycles. The van der Waals surface area contributed by atoms with E-state index in [0.717, 1.165) is 37.1 Å². The van der Waals surface area contributed by atoms with Crippen molar-refractivity contribution in [1.82, 2.24) is 4.90 Å². The van der Waals surface area contributed by atoms with E-state index in [0.29, 0.717) is 19.6 Å². The maximum Gasteiger partial charge on any atom is 0.230 e. The summed E-state index contributed by atoms with van der Waals surface area (Å²) in [5.41, 5.74) is 0.880. The minimum atomic E-state index is -0.0478. The number of piperidine rings is 1. The number of anilines is 1. The van der Waals surface area contributed by atoms with Gasteiger partial charge in [0.05, 0.1) is 12.8 Å². The second-order valence-electron chi connectivity index (χ2n) is 7.21. The van der Waals surface area contributed by atoms with E-state index in [1.807, 2.05) is 52.3 Å². The lowest BCUT2D eigenvalue weighted by molar-refractivity contribution is -0.136. The van der Waals surface area contributed by atoms with Crippen LogP contribution in [0.5, 0.6) is 0 Å². The molecular formula is C21H24N2O3. The molecule has 136 valence electrons. The van der Waals surface area contributed by atoms with E-state index < -0.39 is 0 Å². The van der Waals surface area contributed by atoms with E-state index in [1.165, 1.54) is 0 Å². The van der Waals surface area contributed by atoms with E-state index in [9.17, 15) is 9.59 Å².